The number of hydrogen-bond acceptors (Lipinski definition) is 3. The third-order valence-electron chi connectivity index (χ3n) is 7.44. The number of carbonyl (C=O) groups excluding carboxylic acids is 2. The van der Waals surface area contributed by atoms with Gasteiger partial charge < -0.3 is 15.2 Å². The Bertz CT molecular complexity index is 1830. The second kappa shape index (κ2) is 9.71. The Morgan fingerprint density at radius 2 is 1.52 bits per heavy atom. The molecule has 2 amide bonds. The summed E-state index contributed by atoms with van der Waals surface area (Å²) in [5.74, 6) is 0.209. The smallest absolute Gasteiger partial charge is 0.259 e. The Morgan fingerprint density at radius 3 is 2.42 bits per heavy atom. The molecule has 0 atom stereocenters. The van der Waals surface area contributed by atoms with Crippen LogP contribution in [0.25, 0.3) is 22.3 Å². The molecule has 194 valence electrons. The summed E-state index contributed by atoms with van der Waals surface area (Å²) in [5.41, 5.74) is 7.38. The van der Waals surface area contributed by atoms with Gasteiger partial charge in [-0.3, -0.25) is 14.3 Å². The molecule has 0 spiro atoms. The highest BCUT2D eigenvalue weighted by atomic mass is 16.2. The molecular weight excluding hydrogens is 498 g/mol. The fourth-order valence-electron chi connectivity index (χ4n) is 5.48. The van der Waals surface area contributed by atoms with Crippen LogP contribution in [-0.2, 0) is 13.1 Å². The Labute approximate surface area is 231 Å². The maximum atomic E-state index is 14.1. The fourth-order valence-corrected chi connectivity index (χ4v) is 5.48. The van der Waals surface area contributed by atoms with Gasteiger partial charge in [-0.2, -0.15) is 5.10 Å². The van der Waals surface area contributed by atoms with Crippen LogP contribution >= 0.6 is 0 Å². The van der Waals surface area contributed by atoms with Crippen molar-refractivity contribution in [2.45, 2.75) is 13.1 Å². The van der Waals surface area contributed by atoms with E-state index in [-0.39, 0.29) is 11.8 Å². The number of benzene rings is 3. The Balaban J connectivity index is 1.20. The van der Waals surface area contributed by atoms with E-state index in [1.54, 1.807) is 12.4 Å². The molecule has 3 heterocycles. The predicted octanol–water partition coefficient (Wildman–Crippen LogP) is 6.44. The number of fused-ring (bicyclic) bond motifs is 3. The van der Waals surface area contributed by atoms with Gasteiger partial charge in [0.25, 0.3) is 11.8 Å². The van der Waals surface area contributed by atoms with Crippen molar-refractivity contribution in [3.63, 3.8) is 0 Å². The van der Waals surface area contributed by atoms with Gasteiger partial charge in [-0.05, 0) is 58.7 Å². The number of pyridine rings is 1. The number of rotatable bonds is 4. The highest BCUT2D eigenvalue weighted by molar-refractivity contribution is 6.14. The van der Waals surface area contributed by atoms with Crippen LogP contribution in [0, 0.1) is 0 Å². The summed E-state index contributed by atoms with van der Waals surface area (Å²) in [6, 6.07) is 32.9. The number of hydrogen-bond donors (Lipinski definition) is 2. The number of carbonyl (C=O) groups is 2. The lowest BCUT2D eigenvalue weighted by Crippen LogP contribution is -2.30. The molecule has 0 saturated heterocycles. The highest BCUT2D eigenvalue weighted by Crippen LogP contribution is 2.36. The lowest BCUT2D eigenvalue weighted by Gasteiger charge is -2.23. The number of aromatic nitrogens is 3. The Morgan fingerprint density at radius 1 is 0.725 bits per heavy atom. The van der Waals surface area contributed by atoms with Gasteiger partial charge in [0.15, 0.2) is 0 Å². The van der Waals surface area contributed by atoms with Gasteiger partial charge in [0, 0.05) is 34.8 Å². The molecule has 2 aliphatic heterocycles. The molecule has 0 bridgehead atoms. The lowest BCUT2D eigenvalue weighted by atomic mass is 9.99. The quantitative estimate of drug-likeness (QED) is 0.279. The molecule has 7 heteroatoms. The summed E-state index contributed by atoms with van der Waals surface area (Å²) in [7, 11) is 0. The van der Waals surface area contributed by atoms with Gasteiger partial charge in [0.1, 0.15) is 5.82 Å². The zero-order chi connectivity index (χ0) is 27.1. The molecule has 1 aliphatic carbocycles. The van der Waals surface area contributed by atoms with E-state index in [1.165, 1.54) is 0 Å². The van der Waals surface area contributed by atoms with E-state index in [0.717, 1.165) is 39.2 Å². The van der Waals surface area contributed by atoms with Gasteiger partial charge >= 0.3 is 0 Å². The Kier molecular flexibility index (Phi) is 5.74. The van der Waals surface area contributed by atoms with Gasteiger partial charge in [-0.25, -0.2) is 0 Å². The van der Waals surface area contributed by atoms with Crippen LogP contribution in [0.1, 0.15) is 32.0 Å². The fraction of sp³-hybridized carbons (Fsp3) is 0.0606. The van der Waals surface area contributed by atoms with Crippen molar-refractivity contribution in [3.05, 3.63) is 138 Å². The van der Waals surface area contributed by atoms with Crippen LogP contribution in [0.4, 0.5) is 11.5 Å². The summed E-state index contributed by atoms with van der Waals surface area (Å²) in [4.78, 5) is 32.6. The molecule has 0 saturated carbocycles. The third kappa shape index (κ3) is 4.05. The summed E-state index contributed by atoms with van der Waals surface area (Å²) in [6.07, 6.45) is 3.52. The van der Waals surface area contributed by atoms with Crippen LogP contribution in [0.5, 0.6) is 0 Å². The lowest BCUT2D eigenvalue weighted by molar-refractivity contribution is 0.0984. The maximum absolute atomic E-state index is 14.1. The first-order valence-corrected chi connectivity index (χ1v) is 13.1. The first-order chi connectivity index (χ1) is 19.7. The largest absolute Gasteiger partial charge is 0.348 e. The summed E-state index contributed by atoms with van der Waals surface area (Å²) >= 11 is 0. The number of H-pyrrole nitrogens is 1. The van der Waals surface area contributed by atoms with Gasteiger partial charge in [0.05, 0.1) is 18.8 Å². The van der Waals surface area contributed by atoms with E-state index in [2.05, 4.69) is 15.4 Å². The molecular formula is C33H25N5O2. The molecule has 40 heavy (non-hydrogen) atoms. The number of anilines is 2. The number of aromatic amines is 1. The topological polar surface area (TPSA) is 83.0 Å². The van der Waals surface area contributed by atoms with Crippen LogP contribution in [0.15, 0.2) is 116 Å². The van der Waals surface area contributed by atoms with Crippen LogP contribution in [0.2, 0.25) is 0 Å². The van der Waals surface area contributed by atoms with Crippen LogP contribution < -0.4 is 10.2 Å². The van der Waals surface area contributed by atoms with Crippen LogP contribution in [-0.4, -0.2) is 26.6 Å². The SMILES string of the molecule is O=C(Nc1[nH]ccc2c(C(=O)N3Cc4ccnn4Cc4ccccc43)ccc1-2)c1ccccc1-c1ccccc1. The van der Waals surface area contributed by atoms with E-state index in [9.17, 15) is 9.59 Å². The van der Waals surface area contributed by atoms with E-state index >= 15 is 0 Å². The predicted molar refractivity (Wildman–Crippen MR) is 156 cm³/mol. The average Bonchev–Trinajstić information content (AvgIpc) is 3.60. The van der Waals surface area contributed by atoms with Gasteiger partial charge in [-0.1, -0.05) is 66.7 Å². The molecule has 0 fully saturated rings. The van der Waals surface area contributed by atoms with E-state index in [4.69, 9.17) is 0 Å². The highest BCUT2D eigenvalue weighted by Gasteiger charge is 2.29. The number of nitrogens with zero attached hydrogens (tertiary/aromatic N) is 3. The molecule has 0 unspecified atom stereocenters. The summed E-state index contributed by atoms with van der Waals surface area (Å²) < 4.78 is 1.94. The standard InChI is InChI=1S/C33H25N5O2/c39-32(28-12-6-5-11-25(28)22-8-2-1-3-9-22)36-31-27-14-15-29(26(27)17-18-34-31)33(40)37-21-24-16-19-35-38(24)20-23-10-4-7-13-30(23)37/h1-19,34H,20-21H2,(H,36,39). The van der Waals surface area contributed by atoms with Crippen molar-refractivity contribution in [1.82, 2.24) is 14.8 Å². The van der Waals surface area contributed by atoms with Gasteiger partial charge in [-0.15, -0.1) is 0 Å². The second-order valence-electron chi connectivity index (χ2n) is 9.79. The third-order valence-corrected chi connectivity index (χ3v) is 7.44. The van der Waals surface area contributed by atoms with Crippen molar-refractivity contribution < 1.29 is 9.59 Å². The minimum absolute atomic E-state index is 0.102. The van der Waals surface area contributed by atoms with Crippen molar-refractivity contribution in [3.8, 4) is 22.3 Å². The van der Waals surface area contributed by atoms with Crippen LogP contribution in [0.3, 0.4) is 0 Å². The maximum Gasteiger partial charge on any atom is 0.259 e. The first kappa shape index (κ1) is 23.7. The minimum Gasteiger partial charge on any atom is -0.348 e. The van der Waals surface area contributed by atoms with E-state index in [0.29, 0.717) is 30.0 Å². The average molecular weight is 524 g/mol. The van der Waals surface area contributed by atoms with E-state index in [1.807, 2.05) is 113 Å². The zero-order valence-electron chi connectivity index (χ0n) is 21.5. The molecule has 0 radical (unpaired) electrons. The summed E-state index contributed by atoms with van der Waals surface area (Å²) in [6.45, 7) is 1.03. The first-order valence-electron chi connectivity index (χ1n) is 13.1. The normalized spacial score (nSPS) is 12.4. The van der Waals surface area contributed by atoms with Crippen molar-refractivity contribution in [1.29, 1.82) is 0 Å². The van der Waals surface area contributed by atoms with Crippen molar-refractivity contribution in [2.24, 2.45) is 0 Å². The Hall–Kier alpha value is -5.43. The molecule has 3 aromatic carbocycles. The minimum atomic E-state index is -0.230. The monoisotopic (exact) mass is 523 g/mol. The number of nitrogens with one attached hydrogen (secondary N) is 2. The molecule has 4 aromatic rings. The molecule has 3 aliphatic rings. The van der Waals surface area contributed by atoms with E-state index < -0.39 is 0 Å². The molecule has 7 nitrogen and oxygen atoms in total. The van der Waals surface area contributed by atoms with Crippen molar-refractivity contribution >= 4 is 23.3 Å². The number of para-hydroxylation sites is 1. The van der Waals surface area contributed by atoms with Crippen molar-refractivity contribution in [2.75, 3.05) is 10.2 Å². The summed E-state index contributed by atoms with van der Waals surface area (Å²) in [5, 5.41) is 7.49. The molecule has 1 aromatic heterocycles. The zero-order valence-corrected chi connectivity index (χ0v) is 21.5. The molecule has 2 N–H and O–H groups in total. The molecule has 7 rings (SSSR count). The second-order valence-corrected chi connectivity index (χ2v) is 9.79. The number of amides is 2. The van der Waals surface area contributed by atoms with Gasteiger partial charge in [0.2, 0.25) is 0 Å².